The Hall–Kier alpha value is -0.840. The third kappa shape index (κ3) is 0.774. The largest absolute Gasteiger partial charge is 0.279 e. The van der Waals surface area contributed by atoms with Crippen molar-refractivity contribution in [2.75, 3.05) is 7.05 Å². The molecule has 0 radical (unpaired) electrons. The molecule has 5 heteroatoms. The minimum Gasteiger partial charge on any atom is -0.0708 e. The molecule has 0 aromatic carbocycles. The van der Waals surface area contributed by atoms with Gasteiger partial charge in [-0.3, -0.25) is 0 Å². The summed E-state index contributed by atoms with van der Waals surface area (Å²) in [5.41, 5.74) is 0. The molecule has 1 heterocycles. The van der Waals surface area contributed by atoms with Gasteiger partial charge in [-0.1, -0.05) is 5.10 Å². The number of quaternary nitrogens is 1. The lowest BCUT2D eigenvalue weighted by Crippen LogP contribution is -2.22. The van der Waals surface area contributed by atoms with Crippen LogP contribution >= 0.6 is 0 Å². The smallest absolute Gasteiger partial charge is 0.0708 e. The first-order chi connectivity index (χ1) is 3.21. The molecular weight excluding hydrogens is 99.0 g/mol. The van der Waals surface area contributed by atoms with Crippen LogP contribution in [0.15, 0.2) is 15.5 Å². The molecule has 38 valence electrons. The number of hydrogen-bond acceptors (Lipinski definition) is 3. The molecule has 0 amide bonds. The lowest BCUT2D eigenvalue weighted by Gasteiger charge is -1.95. The normalized spacial score (nSPS) is 37.4. The van der Waals surface area contributed by atoms with Gasteiger partial charge in [-0.2, -0.15) is 0 Å². The number of nitrogens with zero attached hydrogens (tertiary/aromatic N) is 4. The van der Waals surface area contributed by atoms with Crippen molar-refractivity contribution in [3.63, 3.8) is 0 Å². The molecule has 0 saturated carbocycles. The summed E-state index contributed by atoms with van der Waals surface area (Å²) in [5, 5.41) is 9.24. The van der Waals surface area contributed by atoms with Crippen LogP contribution in [0.2, 0.25) is 0 Å². The maximum Gasteiger partial charge on any atom is 0.279 e. The lowest BCUT2D eigenvalue weighted by atomic mass is 11.1. The molecule has 0 aliphatic carbocycles. The summed E-state index contributed by atoms with van der Waals surface area (Å²) in [6.45, 7) is 0. The predicted octanol–water partition coefficient (Wildman–Crippen LogP) is 0.642. The molecule has 4 nitrogen and oxygen atoms in total. The van der Waals surface area contributed by atoms with Crippen LogP contribution in [-0.2, 0) is 0 Å². The fraction of sp³-hybridized carbons (Fsp3) is 0.500. The Morgan fingerprint density at radius 1 is 1.71 bits per heavy atom. The van der Waals surface area contributed by atoms with Crippen LogP contribution < -0.4 is 0 Å². The van der Waals surface area contributed by atoms with E-state index in [1.165, 1.54) is 7.05 Å². The fourth-order valence-electron chi connectivity index (χ4n) is 0.242. The van der Waals surface area contributed by atoms with Gasteiger partial charge < -0.3 is 0 Å². The summed E-state index contributed by atoms with van der Waals surface area (Å²) >= 11 is 0. The zero-order valence-corrected chi connectivity index (χ0v) is 3.74. The molecule has 7 heavy (non-hydrogen) atoms. The van der Waals surface area contributed by atoms with E-state index in [1.54, 1.807) is 0 Å². The fourth-order valence-corrected chi connectivity index (χ4v) is 0.242. The van der Waals surface area contributed by atoms with Gasteiger partial charge in [-0.25, -0.2) is 0 Å². The van der Waals surface area contributed by atoms with Crippen LogP contribution in [0, 0.1) is 0 Å². The van der Waals surface area contributed by atoms with Crippen LogP contribution in [0.5, 0.6) is 0 Å². The van der Waals surface area contributed by atoms with E-state index in [1.807, 2.05) is 0 Å². The van der Waals surface area contributed by atoms with Crippen molar-refractivity contribution in [1.29, 1.82) is 0 Å². The van der Waals surface area contributed by atoms with Crippen molar-refractivity contribution in [2.45, 2.75) is 0 Å². The van der Waals surface area contributed by atoms with Crippen LogP contribution in [0.3, 0.4) is 0 Å². The standard InChI is InChI=1S/C2H4FN4/c1-7(3)2-4-5-6-7/h2H,1H3/q+1. The van der Waals surface area contributed by atoms with E-state index in [-0.39, 0.29) is 0 Å². The number of halogens is 1. The Kier molecular flexibility index (Phi) is 0.657. The maximum absolute atomic E-state index is 12.1. The minimum absolute atomic E-state index is 0.986. The van der Waals surface area contributed by atoms with Crippen molar-refractivity contribution >= 4 is 6.34 Å². The SMILES string of the molecule is C[N+]1(F)C=NN=N1. The molecule has 1 aliphatic rings. The second-order valence-electron chi connectivity index (χ2n) is 1.33. The molecule has 0 N–H and O–H groups in total. The molecule has 0 aromatic rings. The molecule has 0 fully saturated rings. The summed E-state index contributed by atoms with van der Waals surface area (Å²) in [4.78, 5) is -1.08. The minimum atomic E-state index is -1.08. The third-order valence-corrected chi connectivity index (χ3v) is 0.529. The van der Waals surface area contributed by atoms with Crippen molar-refractivity contribution in [1.82, 2.24) is 0 Å². The average molecular weight is 103 g/mol. The number of rotatable bonds is 0. The summed E-state index contributed by atoms with van der Waals surface area (Å²) in [6.07, 6.45) is 0.986. The molecule has 0 aromatic heterocycles. The Morgan fingerprint density at radius 2 is 2.43 bits per heavy atom. The topological polar surface area (TPSA) is 37.1 Å². The summed E-state index contributed by atoms with van der Waals surface area (Å²) in [6, 6.07) is 0. The van der Waals surface area contributed by atoms with Crippen molar-refractivity contribution in [2.24, 2.45) is 15.5 Å². The van der Waals surface area contributed by atoms with Gasteiger partial charge in [-0.05, 0) is 0 Å². The van der Waals surface area contributed by atoms with E-state index in [0.717, 1.165) is 6.34 Å². The Bertz CT molecular complexity index is 112. The van der Waals surface area contributed by atoms with E-state index < -0.39 is 4.81 Å². The first-order valence-corrected chi connectivity index (χ1v) is 1.73. The molecule has 0 spiro atoms. The molecule has 0 bridgehead atoms. The Balaban J connectivity index is 2.77. The first kappa shape index (κ1) is 4.32. The lowest BCUT2D eigenvalue weighted by molar-refractivity contribution is -0.966. The number of hydrogen-bond donors (Lipinski definition) is 0. The van der Waals surface area contributed by atoms with Crippen molar-refractivity contribution in [3.8, 4) is 0 Å². The van der Waals surface area contributed by atoms with Gasteiger partial charge in [0.25, 0.3) is 6.34 Å². The highest BCUT2D eigenvalue weighted by molar-refractivity contribution is 5.44. The second-order valence-corrected chi connectivity index (χ2v) is 1.33. The van der Waals surface area contributed by atoms with Gasteiger partial charge in [0.05, 0.1) is 10.0 Å². The quantitative estimate of drug-likeness (QED) is 0.403. The monoisotopic (exact) mass is 103 g/mol. The van der Waals surface area contributed by atoms with E-state index >= 15 is 0 Å². The van der Waals surface area contributed by atoms with Gasteiger partial charge in [0.2, 0.25) is 0 Å². The van der Waals surface area contributed by atoms with E-state index in [2.05, 4.69) is 15.5 Å². The van der Waals surface area contributed by atoms with Gasteiger partial charge in [-0.15, -0.1) is 0 Å². The highest BCUT2D eigenvalue weighted by Crippen LogP contribution is 2.06. The van der Waals surface area contributed by atoms with Crippen LogP contribution in [0.4, 0.5) is 4.48 Å². The van der Waals surface area contributed by atoms with Crippen LogP contribution in [0.25, 0.3) is 0 Å². The van der Waals surface area contributed by atoms with Gasteiger partial charge in [0.1, 0.15) is 7.05 Å². The highest BCUT2D eigenvalue weighted by Gasteiger charge is 2.22. The Morgan fingerprint density at radius 3 is 2.57 bits per heavy atom. The zero-order chi connectivity index (χ0) is 5.33. The van der Waals surface area contributed by atoms with Crippen LogP contribution in [0.1, 0.15) is 0 Å². The van der Waals surface area contributed by atoms with E-state index in [9.17, 15) is 4.48 Å². The van der Waals surface area contributed by atoms with Crippen LogP contribution in [-0.4, -0.2) is 18.2 Å². The summed E-state index contributed by atoms with van der Waals surface area (Å²) in [7, 11) is 1.22. The van der Waals surface area contributed by atoms with Gasteiger partial charge >= 0.3 is 0 Å². The molecule has 1 unspecified atom stereocenters. The summed E-state index contributed by atoms with van der Waals surface area (Å²) in [5.74, 6) is 0. The van der Waals surface area contributed by atoms with Gasteiger partial charge in [0.15, 0.2) is 0 Å². The van der Waals surface area contributed by atoms with Gasteiger partial charge in [0, 0.05) is 9.70 Å². The molecule has 1 aliphatic heterocycles. The maximum atomic E-state index is 12.1. The third-order valence-electron chi connectivity index (χ3n) is 0.529. The van der Waals surface area contributed by atoms with E-state index in [4.69, 9.17) is 0 Å². The molecule has 0 saturated heterocycles. The average Bonchev–Trinajstić information content (AvgIpc) is 1.84. The first-order valence-electron chi connectivity index (χ1n) is 1.73. The molecular formula is C2H4FN4+. The van der Waals surface area contributed by atoms with Crippen molar-refractivity contribution < 1.29 is 9.30 Å². The van der Waals surface area contributed by atoms with E-state index in [0.29, 0.717) is 0 Å². The molecule has 1 rings (SSSR count). The molecule has 1 atom stereocenters. The summed E-state index contributed by atoms with van der Waals surface area (Å²) < 4.78 is 12.1. The zero-order valence-electron chi connectivity index (χ0n) is 3.74. The van der Waals surface area contributed by atoms with Crippen molar-refractivity contribution in [3.05, 3.63) is 0 Å². The second kappa shape index (κ2) is 1.06. The highest BCUT2D eigenvalue weighted by atomic mass is 19.2. The Labute approximate surface area is 39.5 Å². The predicted molar refractivity (Wildman–Crippen MR) is 20.6 cm³/mol.